The molecule has 0 amide bonds. The first-order valence-electron chi connectivity index (χ1n) is 6.93. The van der Waals surface area contributed by atoms with Crippen LogP contribution in [-0.4, -0.2) is 51.5 Å². The van der Waals surface area contributed by atoms with Gasteiger partial charge in [0.25, 0.3) is 0 Å². The Morgan fingerprint density at radius 2 is 2.05 bits per heavy atom. The Kier molecular flexibility index (Phi) is 4.97. The molecule has 1 fully saturated rings. The fourth-order valence-corrected chi connectivity index (χ4v) is 3.81. The van der Waals surface area contributed by atoms with Gasteiger partial charge in [0.1, 0.15) is 0 Å². The normalized spacial score (nSPS) is 19.6. The van der Waals surface area contributed by atoms with Gasteiger partial charge >= 0.3 is 5.97 Å². The van der Waals surface area contributed by atoms with Crippen LogP contribution < -0.4 is 5.32 Å². The Bertz CT molecular complexity index is 598. The number of carbonyl (C=O) groups excluding carboxylic acids is 1. The second-order valence-corrected chi connectivity index (χ2v) is 6.82. The summed E-state index contributed by atoms with van der Waals surface area (Å²) in [7, 11) is -1.67. The molecule has 6 nitrogen and oxygen atoms in total. The van der Waals surface area contributed by atoms with E-state index in [0.29, 0.717) is 18.7 Å². The number of nitrogens with zero attached hydrogens (tertiary/aromatic N) is 1. The summed E-state index contributed by atoms with van der Waals surface area (Å²) in [4.78, 5) is 11.8. The van der Waals surface area contributed by atoms with Crippen molar-refractivity contribution in [3.05, 3.63) is 29.8 Å². The van der Waals surface area contributed by atoms with Crippen molar-refractivity contribution in [3.8, 4) is 0 Å². The molecule has 0 bridgehead atoms. The number of likely N-dealkylation sites (N-methyl/N-ethyl adjacent to an activating group) is 1. The van der Waals surface area contributed by atoms with E-state index in [4.69, 9.17) is 4.74 Å². The zero-order valence-corrected chi connectivity index (χ0v) is 13.0. The summed E-state index contributed by atoms with van der Waals surface area (Å²) in [5.41, 5.74) is 0.352. The summed E-state index contributed by atoms with van der Waals surface area (Å²) in [6.45, 7) is 2.99. The van der Waals surface area contributed by atoms with Gasteiger partial charge in [0.05, 0.1) is 17.1 Å². The van der Waals surface area contributed by atoms with Crippen LogP contribution in [0, 0.1) is 0 Å². The van der Waals surface area contributed by atoms with Gasteiger partial charge in [0.2, 0.25) is 10.0 Å². The minimum Gasteiger partial charge on any atom is -0.462 e. The number of sulfonamides is 1. The molecule has 1 aromatic rings. The predicted octanol–water partition coefficient (Wildman–Crippen LogP) is 0.846. The van der Waals surface area contributed by atoms with Crippen LogP contribution in [0.15, 0.2) is 29.2 Å². The Morgan fingerprint density at radius 3 is 2.57 bits per heavy atom. The SMILES string of the molecule is CCOC(=O)c1ccc(S(=O)(=O)N2CCC(NC)C2)cc1. The maximum absolute atomic E-state index is 12.5. The second kappa shape index (κ2) is 6.55. The third-order valence-electron chi connectivity index (χ3n) is 3.56. The molecule has 116 valence electrons. The summed E-state index contributed by atoms with van der Waals surface area (Å²) < 4.78 is 31.3. The van der Waals surface area contributed by atoms with Crippen molar-refractivity contribution < 1.29 is 17.9 Å². The molecule has 1 aliphatic rings. The minimum atomic E-state index is -3.50. The molecule has 1 N–H and O–H groups in total. The lowest BCUT2D eigenvalue weighted by atomic mass is 10.2. The highest BCUT2D eigenvalue weighted by Crippen LogP contribution is 2.21. The summed E-state index contributed by atoms with van der Waals surface area (Å²) in [5, 5.41) is 3.09. The van der Waals surface area contributed by atoms with Crippen molar-refractivity contribution in [2.75, 3.05) is 26.7 Å². The molecule has 0 aliphatic carbocycles. The maximum atomic E-state index is 12.5. The molecule has 1 atom stereocenters. The smallest absolute Gasteiger partial charge is 0.338 e. The van der Waals surface area contributed by atoms with E-state index in [2.05, 4.69) is 5.32 Å². The fraction of sp³-hybridized carbons (Fsp3) is 0.500. The van der Waals surface area contributed by atoms with E-state index in [1.807, 2.05) is 7.05 Å². The highest BCUT2D eigenvalue weighted by atomic mass is 32.2. The monoisotopic (exact) mass is 312 g/mol. The van der Waals surface area contributed by atoms with Crippen LogP contribution in [-0.2, 0) is 14.8 Å². The van der Waals surface area contributed by atoms with E-state index in [9.17, 15) is 13.2 Å². The van der Waals surface area contributed by atoms with E-state index in [1.165, 1.54) is 28.6 Å². The van der Waals surface area contributed by atoms with Crippen LogP contribution in [0.3, 0.4) is 0 Å². The van der Waals surface area contributed by atoms with Gasteiger partial charge < -0.3 is 10.1 Å². The van der Waals surface area contributed by atoms with Gasteiger partial charge in [-0.1, -0.05) is 0 Å². The zero-order chi connectivity index (χ0) is 15.5. The Hall–Kier alpha value is -1.44. The molecule has 1 saturated heterocycles. The molecular formula is C14H20N2O4S. The number of rotatable bonds is 5. The molecule has 1 aromatic carbocycles. The molecule has 1 aliphatic heterocycles. The number of hydrogen-bond acceptors (Lipinski definition) is 5. The highest BCUT2D eigenvalue weighted by Gasteiger charge is 2.31. The first-order chi connectivity index (χ1) is 9.98. The van der Waals surface area contributed by atoms with Crippen LogP contribution in [0.2, 0.25) is 0 Å². The molecule has 0 spiro atoms. The van der Waals surface area contributed by atoms with Crippen LogP contribution in [0.25, 0.3) is 0 Å². The number of benzene rings is 1. The summed E-state index contributed by atoms with van der Waals surface area (Å²) >= 11 is 0. The van der Waals surface area contributed by atoms with Crippen molar-refractivity contribution in [2.45, 2.75) is 24.3 Å². The Labute approximate surface area is 125 Å². The standard InChI is InChI=1S/C14H20N2O4S/c1-3-20-14(17)11-4-6-13(7-5-11)21(18,19)16-9-8-12(10-16)15-2/h4-7,12,15H,3,8-10H2,1-2H3. The molecule has 0 radical (unpaired) electrons. The van der Waals surface area contributed by atoms with Gasteiger partial charge in [0.15, 0.2) is 0 Å². The van der Waals surface area contributed by atoms with Gasteiger partial charge in [-0.3, -0.25) is 0 Å². The van der Waals surface area contributed by atoms with Crippen molar-refractivity contribution in [1.29, 1.82) is 0 Å². The molecule has 0 aromatic heterocycles. The number of ether oxygens (including phenoxy) is 1. The van der Waals surface area contributed by atoms with Crippen molar-refractivity contribution in [2.24, 2.45) is 0 Å². The largest absolute Gasteiger partial charge is 0.462 e. The van der Waals surface area contributed by atoms with Gasteiger partial charge in [-0.05, 0) is 44.7 Å². The molecule has 21 heavy (non-hydrogen) atoms. The third-order valence-corrected chi connectivity index (χ3v) is 5.44. The van der Waals surface area contributed by atoms with Gasteiger partial charge in [-0.15, -0.1) is 0 Å². The fourth-order valence-electron chi connectivity index (χ4n) is 2.31. The number of nitrogens with one attached hydrogen (secondary N) is 1. The number of hydrogen-bond donors (Lipinski definition) is 1. The van der Waals surface area contributed by atoms with Crippen molar-refractivity contribution in [3.63, 3.8) is 0 Å². The Balaban J connectivity index is 2.16. The lowest BCUT2D eigenvalue weighted by Gasteiger charge is -2.16. The summed E-state index contributed by atoms with van der Waals surface area (Å²) in [6, 6.07) is 6.06. The molecular weight excluding hydrogens is 292 g/mol. The topological polar surface area (TPSA) is 75.7 Å². The Morgan fingerprint density at radius 1 is 1.38 bits per heavy atom. The van der Waals surface area contributed by atoms with Crippen LogP contribution in [0.5, 0.6) is 0 Å². The molecule has 1 heterocycles. The molecule has 2 rings (SSSR count). The second-order valence-electron chi connectivity index (χ2n) is 4.88. The first kappa shape index (κ1) is 15.9. The first-order valence-corrected chi connectivity index (χ1v) is 8.37. The number of esters is 1. The van der Waals surface area contributed by atoms with Gasteiger partial charge in [0, 0.05) is 19.1 Å². The van der Waals surface area contributed by atoms with Gasteiger partial charge in [-0.2, -0.15) is 4.31 Å². The summed E-state index contributed by atoms with van der Waals surface area (Å²) in [5.74, 6) is -0.446. The van der Waals surface area contributed by atoms with E-state index in [0.717, 1.165) is 6.42 Å². The lowest BCUT2D eigenvalue weighted by Crippen LogP contribution is -2.33. The lowest BCUT2D eigenvalue weighted by molar-refractivity contribution is 0.0526. The summed E-state index contributed by atoms with van der Waals surface area (Å²) in [6.07, 6.45) is 0.802. The average molecular weight is 312 g/mol. The van der Waals surface area contributed by atoms with E-state index >= 15 is 0 Å². The van der Waals surface area contributed by atoms with E-state index in [-0.39, 0.29) is 17.5 Å². The van der Waals surface area contributed by atoms with E-state index < -0.39 is 16.0 Å². The van der Waals surface area contributed by atoms with Gasteiger partial charge in [-0.25, -0.2) is 13.2 Å². The van der Waals surface area contributed by atoms with Crippen LogP contribution >= 0.6 is 0 Å². The molecule has 1 unspecified atom stereocenters. The van der Waals surface area contributed by atoms with Crippen LogP contribution in [0.4, 0.5) is 0 Å². The van der Waals surface area contributed by atoms with Crippen molar-refractivity contribution >= 4 is 16.0 Å². The predicted molar refractivity (Wildman–Crippen MR) is 78.6 cm³/mol. The minimum absolute atomic E-state index is 0.193. The molecule has 7 heteroatoms. The molecule has 0 saturated carbocycles. The zero-order valence-electron chi connectivity index (χ0n) is 12.2. The van der Waals surface area contributed by atoms with Crippen molar-refractivity contribution in [1.82, 2.24) is 9.62 Å². The third kappa shape index (κ3) is 3.42. The average Bonchev–Trinajstić information content (AvgIpc) is 2.97. The quantitative estimate of drug-likeness (QED) is 0.816. The van der Waals surface area contributed by atoms with Crippen LogP contribution in [0.1, 0.15) is 23.7 Å². The van der Waals surface area contributed by atoms with E-state index in [1.54, 1.807) is 6.92 Å². The highest BCUT2D eigenvalue weighted by molar-refractivity contribution is 7.89. The number of carbonyl (C=O) groups is 1. The maximum Gasteiger partial charge on any atom is 0.338 e.